The lowest BCUT2D eigenvalue weighted by Crippen LogP contribution is -2.10. The molecule has 1 aliphatic carbocycles. The van der Waals surface area contributed by atoms with Crippen molar-refractivity contribution in [2.24, 2.45) is 0 Å². The van der Waals surface area contributed by atoms with Crippen LogP contribution in [0.5, 0.6) is 0 Å². The number of anilines is 1. The minimum Gasteiger partial charge on any atom is -0.360 e. The number of nitrogens with zero attached hydrogens (tertiary/aromatic N) is 3. The Morgan fingerprint density at radius 2 is 1.90 bits per heavy atom. The van der Waals surface area contributed by atoms with Crippen molar-refractivity contribution in [2.45, 2.75) is 58.3 Å². The summed E-state index contributed by atoms with van der Waals surface area (Å²) in [5.74, 6) is 0. The Labute approximate surface area is 134 Å². The Kier molecular flexibility index (Phi) is 4.26. The molecule has 0 atom stereocenters. The molecule has 4 nitrogen and oxygen atoms in total. The van der Waals surface area contributed by atoms with Gasteiger partial charge in [-0.1, -0.05) is 32.1 Å². The second kappa shape index (κ2) is 6.01. The molecule has 2 aromatic rings. The van der Waals surface area contributed by atoms with E-state index in [1.54, 1.807) is 11.3 Å². The molecule has 21 heavy (non-hydrogen) atoms. The lowest BCUT2D eigenvalue weighted by molar-refractivity contribution is 0.578. The molecule has 114 valence electrons. The van der Waals surface area contributed by atoms with Gasteiger partial charge in [-0.25, -0.2) is 4.98 Å². The minimum absolute atomic E-state index is 0.0754. The third-order valence-corrected chi connectivity index (χ3v) is 6.10. The standard InChI is InChI=1S/C15H22N4S2/c1-15(2,3)13-18-19-14(21-13)16-9-8-12-17-10-6-4-5-7-11(10)20-12/h4-9H2,1-3H3,(H,16,19). The maximum Gasteiger partial charge on any atom is 0.205 e. The summed E-state index contributed by atoms with van der Waals surface area (Å²) in [5, 5.41) is 15.1. The van der Waals surface area contributed by atoms with Crippen LogP contribution < -0.4 is 5.32 Å². The van der Waals surface area contributed by atoms with Crippen LogP contribution in [0.25, 0.3) is 0 Å². The smallest absolute Gasteiger partial charge is 0.205 e. The number of hydrogen-bond donors (Lipinski definition) is 1. The van der Waals surface area contributed by atoms with Gasteiger partial charge >= 0.3 is 0 Å². The largest absolute Gasteiger partial charge is 0.360 e. The van der Waals surface area contributed by atoms with Gasteiger partial charge in [0.2, 0.25) is 5.13 Å². The van der Waals surface area contributed by atoms with Crippen LogP contribution in [0.15, 0.2) is 0 Å². The molecule has 1 aliphatic rings. The number of aromatic nitrogens is 3. The quantitative estimate of drug-likeness (QED) is 0.929. The SMILES string of the molecule is CC(C)(C)c1nnc(NCCc2nc3c(s2)CCCC3)s1. The van der Waals surface area contributed by atoms with Gasteiger partial charge in [0.25, 0.3) is 0 Å². The number of aryl methyl sites for hydroxylation is 2. The summed E-state index contributed by atoms with van der Waals surface area (Å²) in [5.41, 5.74) is 1.43. The van der Waals surface area contributed by atoms with E-state index in [-0.39, 0.29) is 5.41 Å². The molecule has 3 rings (SSSR count). The third-order valence-electron chi connectivity index (χ3n) is 3.57. The van der Waals surface area contributed by atoms with E-state index in [0.717, 1.165) is 23.1 Å². The van der Waals surface area contributed by atoms with Gasteiger partial charge in [-0.2, -0.15) is 0 Å². The van der Waals surface area contributed by atoms with Crippen LogP contribution in [-0.4, -0.2) is 21.7 Å². The molecule has 0 unspecified atom stereocenters. The topological polar surface area (TPSA) is 50.7 Å². The first-order valence-electron chi connectivity index (χ1n) is 7.58. The highest BCUT2D eigenvalue weighted by Crippen LogP contribution is 2.28. The second-order valence-electron chi connectivity index (χ2n) is 6.52. The Morgan fingerprint density at radius 1 is 1.10 bits per heavy atom. The first-order chi connectivity index (χ1) is 10.0. The van der Waals surface area contributed by atoms with Gasteiger partial charge in [0.15, 0.2) is 0 Å². The molecule has 0 fully saturated rings. The Hall–Kier alpha value is -1.01. The highest BCUT2D eigenvalue weighted by molar-refractivity contribution is 7.15. The molecule has 0 spiro atoms. The monoisotopic (exact) mass is 322 g/mol. The van der Waals surface area contributed by atoms with E-state index >= 15 is 0 Å². The minimum atomic E-state index is 0.0754. The fourth-order valence-corrected chi connectivity index (χ4v) is 4.37. The van der Waals surface area contributed by atoms with Gasteiger partial charge in [-0.05, 0) is 25.7 Å². The number of nitrogens with one attached hydrogen (secondary N) is 1. The summed E-state index contributed by atoms with van der Waals surface area (Å²) in [6, 6.07) is 0. The lowest BCUT2D eigenvalue weighted by atomic mass is 9.98. The van der Waals surface area contributed by atoms with E-state index in [2.05, 4.69) is 36.3 Å². The van der Waals surface area contributed by atoms with Crippen molar-refractivity contribution in [1.82, 2.24) is 15.2 Å². The van der Waals surface area contributed by atoms with Gasteiger partial charge in [0.05, 0.1) is 10.7 Å². The molecule has 0 saturated carbocycles. The molecular weight excluding hydrogens is 300 g/mol. The Balaban J connectivity index is 1.54. The maximum absolute atomic E-state index is 4.77. The van der Waals surface area contributed by atoms with Crippen molar-refractivity contribution in [3.05, 3.63) is 20.6 Å². The number of fused-ring (bicyclic) bond motifs is 1. The molecule has 1 N–H and O–H groups in total. The van der Waals surface area contributed by atoms with Crippen LogP contribution in [0.4, 0.5) is 5.13 Å². The summed E-state index contributed by atoms with van der Waals surface area (Å²) in [7, 11) is 0. The van der Waals surface area contributed by atoms with Crippen LogP contribution in [0.1, 0.15) is 54.2 Å². The zero-order valence-electron chi connectivity index (χ0n) is 12.9. The summed E-state index contributed by atoms with van der Waals surface area (Å²) >= 11 is 3.55. The highest BCUT2D eigenvalue weighted by atomic mass is 32.1. The number of hydrogen-bond acceptors (Lipinski definition) is 6. The van der Waals surface area contributed by atoms with E-state index in [1.807, 2.05) is 11.3 Å². The van der Waals surface area contributed by atoms with Gasteiger partial charge in [0.1, 0.15) is 5.01 Å². The molecule has 0 saturated heterocycles. The van der Waals surface area contributed by atoms with E-state index in [0.29, 0.717) is 0 Å². The maximum atomic E-state index is 4.77. The van der Waals surface area contributed by atoms with E-state index < -0.39 is 0 Å². The number of rotatable bonds is 4. The first kappa shape index (κ1) is 14.9. The van der Waals surface area contributed by atoms with Crippen LogP contribution in [-0.2, 0) is 24.7 Å². The summed E-state index contributed by atoms with van der Waals surface area (Å²) in [4.78, 5) is 6.29. The summed E-state index contributed by atoms with van der Waals surface area (Å²) in [6.45, 7) is 7.37. The fourth-order valence-electron chi connectivity index (χ4n) is 2.39. The molecule has 0 bridgehead atoms. The zero-order valence-corrected chi connectivity index (χ0v) is 14.5. The first-order valence-corrected chi connectivity index (χ1v) is 9.21. The molecule has 0 aliphatic heterocycles. The molecule has 0 aromatic carbocycles. The Bertz CT molecular complexity index is 586. The van der Waals surface area contributed by atoms with E-state index in [1.165, 1.54) is 41.3 Å². The molecule has 0 amide bonds. The zero-order chi connectivity index (χ0) is 14.9. The van der Waals surface area contributed by atoms with Crippen molar-refractivity contribution in [3.8, 4) is 0 Å². The third kappa shape index (κ3) is 3.61. The second-order valence-corrected chi connectivity index (χ2v) is 8.67. The molecule has 0 radical (unpaired) electrons. The van der Waals surface area contributed by atoms with Crippen LogP contribution >= 0.6 is 22.7 Å². The highest BCUT2D eigenvalue weighted by Gasteiger charge is 2.19. The van der Waals surface area contributed by atoms with Gasteiger partial charge < -0.3 is 5.32 Å². The predicted molar refractivity (Wildman–Crippen MR) is 89.6 cm³/mol. The van der Waals surface area contributed by atoms with Crippen molar-refractivity contribution < 1.29 is 0 Å². The number of thiazole rings is 1. The summed E-state index contributed by atoms with van der Waals surface area (Å²) < 4.78 is 0. The van der Waals surface area contributed by atoms with Crippen LogP contribution in [0.3, 0.4) is 0 Å². The van der Waals surface area contributed by atoms with Crippen LogP contribution in [0, 0.1) is 0 Å². The molecular formula is C15H22N4S2. The van der Waals surface area contributed by atoms with Gasteiger partial charge in [-0.15, -0.1) is 21.5 Å². The van der Waals surface area contributed by atoms with Gasteiger partial charge in [-0.3, -0.25) is 0 Å². The van der Waals surface area contributed by atoms with Crippen molar-refractivity contribution in [2.75, 3.05) is 11.9 Å². The van der Waals surface area contributed by atoms with Crippen molar-refractivity contribution in [1.29, 1.82) is 0 Å². The van der Waals surface area contributed by atoms with Gasteiger partial charge in [0, 0.05) is 23.3 Å². The average Bonchev–Trinajstić information content (AvgIpc) is 3.03. The van der Waals surface area contributed by atoms with E-state index in [4.69, 9.17) is 4.98 Å². The average molecular weight is 323 g/mol. The fraction of sp³-hybridized carbons (Fsp3) is 0.667. The van der Waals surface area contributed by atoms with E-state index in [9.17, 15) is 0 Å². The van der Waals surface area contributed by atoms with Crippen molar-refractivity contribution in [3.63, 3.8) is 0 Å². The summed E-state index contributed by atoms with van der Waals surface area (Å²) in [6.07, 6.45) is 6.00. The van der Waals surface area contributed by atoms with Crippen molar-refractivity contribution >= 4 is 27.8 Å². The Morgan fingerprint density at radius 3 is 2.62 bits per heavy atom. The van der Waals surface area contributed by atoms with Crippen LogP contribution in [0.2, 0.25) is 0 Å². The molecule has 6 heteroatoms. The molecule has 2 heterocycles. The predicted octanol–water partition coefficient (Wildman–Crippen LogP) is 3.83. The molecule has 2 aromatic heterocycles. The normalized spacial score (nSPS) is 15.0. The lowest BCUT2D eigenvalue weighted by Gasteiger charge is -2.12.